The molecular weight excluding hydrogens is 629 g/mol. The summed E-state index contributed by atoms with van der Waals surface area (Å²) in [6.07, 6.45) is 14.4. The molecule has 0 amide bonds. The minimum absolute atomic E-state index is 0.00767. The normalized spacial score (nSPS) is 29.2. The number of allylic oxidation sites excluding steroid dienone is 3. The number of anilines is 5. The fourth-order valence-electron chi connectivity index (χ4n) is 11.7. The lowest BCUT2D eigenvalue weighted by Gasteiger charge is -2.50. The zero-order valence-electron chi connectivity index (χ0n) is 32.2. The van der Waals surface area contributed by atoms with Gasteiger partial charge in [0.05, 0.1) is 5.54 Å². The molecule has 0 aromatic heterocycles. The van der Waals surface area contributed by atoms with Crippen molar-refractivity contribution < 1.29 is 0 Å². The number of benzene rings is 4. The molecule has 1 N–H and O–H groups in total. The first-order chi connectivity index (χ1) is 25.1. The summed E-state index contributed by atoms with van der Waals surface area (Å²) in [6.45, 7) is 19.2. The van der Waals surface area contributed by atoms with Crippen LogP contribution in [0.25, 0.3) is 0 Å². The van der Waals surface area contributed by atoms with Gasteiger partial charge in [-0.05, 0) is 117 Å². The molecule has 264 valence electrons. The third kappa shape index (κ3) is 4.33. The molecule has 3 nitrogen and oxygen atoms in total. The van der Waals surface area contributed by atoms with Crippen molar-refractivity contribution in [1.82, 2.24) is 5.32 Å². The van der Waals surface area contributed by atoms with Gasteiger partial charge in [-0.1, -0.05) is 118 Å². The number of hydrogen-bond acceptors (Lipinski definition) is 3. The van der Waals surface area contributed by atoms with Crippen molar-refractivity contribution in [3.8, 4) is 0 Å². The van der Waals surface area contributed by atoms with Crippen molar-refractivity contribution in [3.05, 3.63) is 138 Å². The van der Waals surface area contributed by atoms with Crippen molar-refractivity contribution in [2.75, 3.05) is 9.80 Å². The van der Waals surface area contributed by atoms with Crippen LogP contribution in [0.3, 0.4) is 0 Å². The molecule has 0 bridgehead atoms. The van der Waals surface area contributed by atoms with E-state index in [9.17, 15) is 0 Å². The SMILES string of the molecule is C=CC1=C(/C(=C\C)B2c3ccccc3N(c3ccccc3)c3cc(N4c5ccccc5C5(C)CCCCC45C)cc(C)c32)NC2(C)CCCCC12C. The largest absolute Gasteiger partial charge is 0.379 e. The highest BCUT2D eigenvalue weighted by atomic mass is 15.3. The Kier molecular flexibility index (Phi) is 7.57. The summed E-state index contributed by atoms with van der Waals surface area (Å²) in [7, 11) is 0. The van der Waals surface area contributed by atoms with E-state index < -0.39 is 0 Å². The molecule has 0 saturated heterocycles. The first-order valence-electron chi connectivity index (χ1n) is 19.9. The number of rotatable bonds is 5. The second-order valence-electron chi connectivity index (χ2n) is 17.3. The summed E-state index contributed by atoms with van der Waals surface area (Å²) in [6, 6.07) is 34.5. The van der Waals surface area contributed by atoms with Crippen molar-refractivity contribution in [3.63, 3.8) is 0 Å². The minimum Gasteiger partial charge on any atom is -0.379 e. The summed E-state index contributed by atoms with van der Waals surface area (Å²) in [5.74, 6) is 0. The van der Waals surface area contributed by atoms with Gasteiger partial charge in [0.15, 0.2) is 0 Å². The first kappa shape index (κ1) is 33.4. The number of nitrogens with zero attached hydrogens (tertiary/aromatic N) is 2. The van der Waals surface area contributed by atoms with Crippen LogP contribution in [0.15, 0.2) is 126 Å². The third-order valence-electron chi connectivity index (χ3n) is 14.9. The van der Waals surface area contributed by atoms with Gasteiger partial charge < -0.3 is 15.1 Å². The van der Waals surface area contributed by atoms with Crippen molar-refractivity contribution in [2.24, 2.45) is 5.41 Å². The van der Waals surface area contributed by atoms with E-state index in [1.165, 1.54) is 119 Å². The Labute approximate surface area is 312 Å². The monoisotopic (exact) mass is 683 g/mol. The fraction of sp³-hybridized carbons (Fsp3) is 0.375. The standard InChI is InChI=1S/C48H54BN3/c1-8-36-44(50-47(6)29-19-17-27-45(36,47)4)38(9-2)49-39-24-14-16-26-41(39)51(34-21-11-10-12-22-34)42-32-35(31-33(3)43(42)49)52-40-25-15-13-23-37(40)46(5)28-18-20-30-48(46,52)7/h8-16,21-26,31-32,50H,1,17-20,27-30H2,2-7H3/b38-9+. The number of aryl methyl sites for hydroxylation is 1. The van der Waals surface area contributed by atoms with Crippen LogP contribution in [-0.4, -0.2) is 17.8 Å². The third-order valence-corrected chi connectivity index (χ3v) is 14.9. The van der Waals surface area contributed by atoms with E-state index in [0.717, 1.165) is 0 Å². The second-order valence-corrected chi connectivity index (χ2v) is 17.3. The van der Waals surface area contributed by atoms with Crippen LogP contribution in [-0.2, 0) is 5.41 Å². The lowest BCUT2D eigenvalue weighted by molar-refractivity contribution is 0.132. The molecule has 9 rings (SSSR count). The number of para-hydroxylation sites is 3. The topological polar surface area (TPSA) is 18.5 Å². The summed E-state index contributed by atoms with van der Waals surface area (Å²) in [5.41, 5.74) is 16.2. The fourth-order valence-corrected chi connectivity index (χ4v) is 11.7. The minimum atomic E-state index is -0.00767. The van der Waals surface area contributed by atoms with Crippen molar-refractivity contribution in [1.29, 1.82) is 0 Å². The number of nitrogens with one attached hydrogen (secondary N) is 1. The molecule has 52 heavy (non-hydrogen) atoms. The zero-order chi connectivity index (χ0) is 36.0. The molecule has 2 fully saturated rings. The highest BCUT2D eigenvalue weighted by Crippen LogP contribution is 2.61. The van der Waals surface area contributed by atoms with E-state index in [1.54, 1.807) is 0 Å². The van der Waals surface area contributed by atoms with E-state index in [2.05, 4.69) is 166 Å². The lowest BCUT2D eigenvalue weighted by atomic mass is 9.33. The highest BCUT2D eigenvalue weighted by Gasteiger charge is 2.58. The lowest BCUT2D eigenvalue weighted by Crippen LogP contribution is -2.56. The van der Waals surface area contributed by atoms with Crippen LogP contribution < -0.4 is 26.0 Å². The molecule has 4 heteroatoms. The molecule has 3 heterocycles. The Hall–Kier alpha value is -4.44. The van der Waals surface area contributed by atoms with E-state index >= 15 is 0 Å². The number of hydrogen-bond donors (Lipinski definition) is 1. The molecular formula is C48H54BN3. The van der Waals surface area contributed by atoms with Gasteiger partial charge in [0.1, 0.15) is 0 Å². The van der Waals surface area contributed by atoms with Gasteiger partial charge >= 0.3 is 0 Å². The molecule has 4 atom stereocenters. The van der Waals surface area contributed by atoms with Crippen LogP contribution in [0.4, 0.5) is 28.4 Å². The molecule has 4 aromatic rings. The number of fused-ring (bicyclic) bond motifs is 6. The smallest absolute Gasteiger partial charge is 0.249 e. The van der Waals surface area contributed by atoms with Crippen molar-refractivity contribution >= 4 is 46.1 Å². The van der Waals surface area contributed by atoms with E-state index in [-0.39, 0.29) is 28.6 Å². The van der Waals surface area contributed by atoms with Crippen LogP contribution in [0.1, 0.15) is 97.1 Å². The molecule has 0 spiro atoms. The highest BCUT2D eigenvalue weighted by molar-refractivity contribution is 6.94. The van der Waals surface area contributed by atoms with Gasteiger partial charge in [0, 0.05) is 50.5 Å². The predicted molar refractivity (Wildman–Crippen MR) is 223 cm³/mol. The van der Waals surface area contributed by atoms with Gasteiger partial charge in [-0.3, -0.25) is 0 Å². The van der Waals surface area contributed by atoms with Crippen molar-refractivity contribution in [2.45, 2.75) is 109 Å². The van der Waals surface area contributed by atoms with Gasteiger partial charge in [0.25, 0.3) is 0 Å². The molecule has 2 saturated carbocycles. The zero-order valence-corrected chi connectivity index (χ0v) is 32.2. The Morgan fingerprint density at radius 2 is 1.38 bits per heavy atom. The molecule has 4 aromatic carbocycles. The van der Waals surface area contributed by atoms with Gasteiger partial charge in [0.2, 0.25) is 6.71 Å². The quantitative estimate of drug-likeness (QED) is 0.211. The Morgan fingerprint density at radius 1 is 0.731 bits per heavy atom. The maximum atomic E-state index is 4.46. The van der Waals surface area contributed by atoms with Crippen LogP contribution in [0, 0.1) is 12.3 Å². The predicted octanol–water partition coefficient (Wildman–Crippen LogP) is 11.0. The van der Waals surface area contributed by atoms with E-state index in [1.807, 2.05) is 0 Å². The Balaban J connectivity index is 1.30. The summed E-state index contributed by atoms with van der Waals surface area (Å²) >= 11 is 0. The average molecular weight is 684 g/mol. The van der Waals surface area contributed by atoms with E-state index in [4.69, 9.17) is 0 Å². The summed E-state index contributed by atoms with van der Waals surface area (Å²) in [5, 5.41) is 4.21. The molecule has 5 aliphatic rings. The van der Waals surface area contributed by atoms with Gasteiger partial charge in [-0.25, -0.2) is 0 Å². The summed E-state index contributed by atoms with van der Waals surface area (Å²) in [4.78, 5) is 5.29. The molecule has 0 radical (unpaired) electrons. The maximum Gasteiger partial charge on any atom is 0.249 e. The Morgan fingerprint density at radius 3 is 2.13 bits per heavy atom. The molecule has 2 aliphatic carbocycles. The maximum absolute atomic E-state index is 4.46. The van der Waals surface area contributed by atoms with E-state index in [0.29, 0.717) is 0 Å². The summed E-state index contributed by atoms with van der Waals surface area (Å²) < 4.78 is 0. The Bertz CT molecular complexity index is 2170. The molecule has 3 aliphatic heterocycles. The van der Waals surface area contributed by atoms with Crippen LogP contribution in [0.2, 0.25) is 0 Å². The van der Waals surface area contributed by atoms with Gasteiger partial charge in [-0.15, -0.1) is 0 Å². The van der Waals surface area contributed by atoms with Crippen LogP contribution >= 0.6 is 0 Å². The average Bonchev–Trinajstić information content (AvgIpc) is 3.52. The van der Waals surface area contributed by atoms with Crippen LogP contribution in [0.5, 0.6) is 0 Å². The second kappa shape index (κ2) is 11.8. The first-order valence-corrected chi connectivity index (χ1v) is 19.9. The van der Waals surface area contributed by atoms with Gasteiger partial charge in [-0.2, -0.15) is 0 Å². The molecule has 4 unspecified atom stereocenters.